The topological polar surface area (TPSA) is 40.6 Å². The third kappa shape index (κ3) is 4.01. The number of likely N-dealkylation sites (N-methyl/N-ethyl adjacent to an activating group) is 1. The van der Waals surface area contributed by atoms with Crippen molar-refractivity contribution >= 4 is 34.7 Å². The molecule has 5 heteroatoms. The van der Waals surface area contributed by atoms with Crippen molar-refractivity contribution in [3.63, 3.8) is 0 Å². The third-order valence-corrected chi connectivity index (χ3v) is 6.39. The molecular formula is C25H27ClN2O2. The standard InChI is InChI=1S/C25H27ClN2O2/c1-27(20-10-8-5-9-11-20)23-22(18-14-16-19(26)17-15-18)24(29)28(25(23)30)21-12-6-3-2-4-7-13-21/h5,8-11,14-17,21H,2-4,6-7,12-13H2,1H3. The zero-order valence-electron chi connectivity index (χ0n) is 17.3. The van der Waals surface area contributed by atoms with E-state index in [1.165, 1.54) is 24.2 Å². The normalized spacial score (nSPS) is 18.5. The molecule has 2 aromatic rings. The molecule has 1 aliphatic heterocycles. The summed E-state index contributed by atoms with van der Waals surface area (Å²) in [6, 6.07) is 16.8. The van der Waals surface area contributed by atoms with Gasteiger partial charge in [-0.3, -0.25) is 14.5 Å². The van der Waals surface area contributed by atoms with Crippen LogP contribution in [0.4, 0.5) is 5.69 Å². The van der Waals surface area contributed by atoms with Crippen molar-refractivity contribution in [1.29, 1.82) is 0 Å². The summed E-state index contributed by atoms with van der Waals surface area (Å²) in [5.41, 5.74) is 2.50. The summed E-state index contributed by atoms with van der Waals surface area (Å²) >= 11 is 6.07. The number of nitrogens with zero attached hydrogens (tertiary/aromatic N) is 2. The smallest absolute Gasteiger partial charge is 0.278 e. The summed E-state index contributed by atoms with van der Waals surface area (Å²) in [6.45, 7) is 0. The van der Waals surface area contributed by atoms with Gasteiger partial charge in [0.15, 0.2) is 0 Å². The van der Waals surface area contributed by atoms with E-state index in [0.717, 1.165) is 36.9 Å². The highest BCUT2D eigenvalue weighted by Crippen LogP contribution is 2.37. The molecule has 0 N–H and O–H groups in total. The van der Waals surface area contributed by atoms with Gasteiger partial charge in [-0.15, -0.1) is 0 Å². The first-order valence-corrected chi connectivity index (χ1v) is 11.1. The van der Waals surface area contributed by atoms with Crippen molar-refractivity contribution in [3.8, 4) is 0 Å². The summed E-state index contributed by atoms with van der Waals surface area (Å²) in [4.78, 5) is 30.7. The highest BCUT2D eigenvalue weighted by atomic mass is 35.5. The number of rotatable bonds is 4. The molecule has 1 heterocycles. The van der Waals surface area contributed by atoms with Crippen molar-refractivity contribution in [1.82, 2.24) is 4.90 Å². The number of carbonyl (C=O) groups is 2. The molecule has 0 atom stereocenters. The fourth-order valence-corrected chi connectivity index (χ4v) is 4.65. The van der Waals surface area contributed by atoms with Gasteiger partial charge in [-0.05, 0) is 42.7 Å². The van der Waals surface area contributed by atoms with Gasteiger partial charge < -0.3 is 4.90 Å². The SMILES string of the molecule is CN(C1=C(c2ccc(Cl)cc2)C(=O)N(C2CCCCCCC2)C1=O)c1ccccc1. The molecule has 1 aliphatic carbocycles. The van der Waals surface area contributed by atoms with E-state index in [-0.39, 0.29) is 17.9 Å². The lowest BCUT2D eigenvalue weighted by Gasteiger charge is -2.29. The zero-order chi connectivity index (χ0) is 21.1. The minimum absolute atomic E-state index is 0.0331. The van der Waals surface area contributed by atoms with Crippen LogP contribution in [0.2, 0.25) is 5.02 Å². The monoisotopic (exact) mass is 422 g/mol. The molecule has 30 heavy (non-hydrogen) atoms. The zero-order valence-corrected chi connectivity index (χ0v) is 18.1. The first-order valence-electron chi connectivity index (χ1n) is 10.7. The third-order valence-electron chi connectivity index (χ3n) is 6.14. The fourth-order valence-electron chi connectivity index (χ4n) is 4.53. The summed E-state index contributed by atoms with van der Waals surface area (Å²) < 4.78 is 0. The molecule has 0 aromatic heterocycles. The number of hydrogen-bond acceptors (Lipinski definition) is 3. The van der Waals surface area contributed by atoms with E-state index >= 15 is 0 Å². The van der Waals surface area contributed by atoms with Crippen LogP contribution in [0, 0.1) is 0 Å². The predicted octanol–water partition coefficient (Wildman–Crippen LogP) is 5.67. The number of halogens is 1. The molecule has 2 aromatic carbocycles. The largest absolute Gasteiger partial charge is 0.339 e. The van der Waals surface area contributed by atoms with Crippen LogP contribution in [-0.2, 0) is 9.59 Å². The van der Waals surface area contributed by atoms with Gasteiger partial charge in [0.25, 0.3) is 11.8 Å². The number of amides is 2. The highest BCUT2D eigenvalue weighted by molar-refractivity contribution is 6.37. The molecule has 156 valence electrons. The van der Waals surface area contributed by atoms with Crippen molar-refractivity contribution in [2.45, 2.75) is 51.0 Å². The van der Waals surface area contributed by atoms with Crippen LogP contribution < -0.4 is 4.90 Å². The number of carbonyl (C=O) groups excluding carboxylic acids is 2. The molecule has 0 bridgehead atoms. The van der Waals surface area contributed by atoms with Crippen molar-refractivity contribution in [3.05, 3.63) is 70.9 Å². The molecule has 1 saturated carbocycles. The minimum Gasteiger partial charge on any atom is -0.339 e. The van der Waals surface area contributed by atoms with Crippen LogP contribution in [-0.4, -0.2) is 29.8 Å². The molecule has 0 saturated heterocycles. The maximum Gasteiger partial charge on any atom is 0.278 e. The Labute approximate surface area is 183 Å². The second-order valence-corrected chi connectivity index (χ2v) is 8.54. The lowest BCUT2D eigenvalue weighted by Crippen LogP contribution is -2.42. The number of para-hydroxylation sites is 1. The fraction of sp³-hybridized carbons (Fsp3) is 0.360. The van der Waals surface area contributed by atoms with Crippen LogP contribution in [0.1, 0.15) is 50.5 Å². The highest BCUT2D eigenvalue weighted by Gasteiger charge is 2.44. The summed E-state index contributed by atoms with van der Waals surface area (Å²) in [7, 11) is 1.85. The first-order chi connectivity index (χ1) is 14.6. The van der Waals surface area contributed by atoms with E-state index in [1.54, 1.807) is 12.1 Å². The van der Waals surface area contributed by atoms with Gasteiger partial charge in [0.1, 0.15) is 5.70 Å². The predicted molar refractivity (Wildman–Crippen MR) is 121 cm³/mol. The van der Waals surface area contributed by atoms with Crippen molar-refractivity contribution in [2.75, 3.05) is 11.9 Å². The lowest BCUT2D eigenvalue weighted by molar-refractivity contribution is -0.140. The molecule has 0 spiro atoms. The van der Waals surface area contributed by atoms with Gasteiger partial charge in [0.2, 0.25) is 0 Å². The molecule has 4 nitrogen and oxygen atoms in total. The molecular weight excluding hydrogens is 396 g/mol. The van der Waals surface area contributed by atoms with Gasteiger partial charge in [0, 0.05) is 23.8 Å². The van der Waals surface area contributed by atoms with Crippen LogP contribution in [0.25, 0.3) is 5.57 Å². The van der Waals surface area contributed by atoms with E-state index < -0.39 is 0 Å². The Balaban J connectivity index is 1.77. The summed E-state index contributed by atoms with van der Waals surface area (Å²) in [5.74, 6) is -0.382. The molecule has 2 amide bonds. The second kappa shape index (κ2) is 9.05. The Morgan fingerprint density at radius 3 is 2.07 bits per heavy atom. The van der Waals surface area contributed by atoms with Crippen LogP contribution in [0.5, 0.6) is 0 Å². The molecule has 0 radical (unpaired) electrons. The second-order valence-electron chi connectivity index (χ2n) is 8.10. The van der Waals surface area contributed by atoms with Crippen LogP contribution >= 0.6 is 11.6 Å². The molecule has 2 aliphatic rings. The van der Waals surface area contributed by atoms with Gasteiger partial charge >= 0.3 is 0 Å². The van der Waals surface area contributed by atoms with E-state index in [2.05, 4.69) is 0 Å². The summed E-state index contributed by atoms with van der Waals surface area (Å²) in [5, 5.41) is 0.603. The Morgan fingerprint density at radius 2 is 1.43 bits per heavy atom. The van der Waals surface area contributed by atoms with Gasteiger partial charge in [-0.1, -0.05) is 74.0 Å². The molecule has 1 fully saturated rings. The van der Waals surface area contributed by atoms with Gasteiger partial charge in [-0.25, -0.2) is 0 Å². The Bertz CT molecular complexity index is 945. The number of hydrogen-bond donors (Lipinski definition) is 0. The average Bonchev–Trinajstić information content (AvgIpc) is 2.99. The number of benzene rings is 2. The minimum atomic E-state index is -0.193. The Hall–Kier alpha value is -2.59. The Kier molecular flexibility index (Phi) is 6.24. The quantitative estimate of drug-likeness (QED) is 0.596. The number of imide groups is 1. The van der Waals surface area contributed by atoms with E-state index in [0.29, 0.717) is 16.3 Å². The maximum absolute atomic E-state index is 13.7. The summed E-state index contributed by atoms with van der Waals surface area (Å²) in [6.07, 6.45) is 7.46. The van der Waals surface area contributed by atoms with E-state index in [4.69, 9.17) is 11.6 Å². The molecule has 4 rings (SSSR count). The van der Waals surface area contributed by atoms with Gasteiger partial charge in [-0.2, -0.15) is 0 Å². The number of anilines is 1. The van der Waals surface area contributed by atoms with Crippen LogP contribution in [0.15, 0.2) is 60.3 Å². The Morgan fingerprint density at radius 1 is 0.833 bits per heavy atom. The average molecular weight is 423 g/mol. The van der Waals surface area contributed by atoms with Crippen molar-refractivity contribution < 1.29 is 9.59 Å². The van der Waals surface area contributed by atoms with Crippen molar-refractivity contribution in [2.24, 2.45) is 0 Å². The maximum atomic E-state index is 13.7. The lowest BCUT2D eigenvalue weighted by atomic mass is 9.95. The first kappa shape index (κ1) is 20.7. The molecule has 0 unspecified atom stereocenters. The van der Waals surface area contributed by atoms with Gasteiger partial charge in [0.05, 0.1) is 5.57 Å². The van der Waals surface area contributed by atoms with E-state index in [9.17, 15) is 9.59 Å². The van der Waals surface area contributed by atoms with E-state index in [1.807, 2.05) is 54.4 Å². The van der Waals surface area contributed by atoms with Crippen LogP contribution in [0.3, 0.4) is 0 Å².